The summed E-state index contributed by atoms with van der Waals surface area (Å²) in [5.74, 6) is 0.206. The third kappa shape index (κ3) is 3.73. The summed E-state index contributed by atoms with van der Waals surface area (Å²) in [6.45, 7) is 7.63. The minimum absolute atomic E-state index is 0.0344. The van der Waals surface area contributed by atoms with Crippen molar-refractivity contribution in [2.24, 2.45) is 5.73 Å². The number of rotatable bonds is 4. The zero-order valence-corrected chi connectivity index (χ0v) is 10.4. The van der Waals surface area contributed by atoms with Crippen molar-refractivity contribution in [3.05, 3.63) is 0 Å². The summed E-state index contributed by atoms with van der Waals surface area (Å²) < 4.78 is 5.73. The fraction of sp³-hybridized carbons (Fsp3) is 0.909. The molecule has 1 aliphatic heterocycles. The highest BCUT2D eigenvalue weighted by atomic mass is 16.5. The van der Waals surface area contributed by atoms with Gasteiger partial charge in [-0.3, -0.25) is 10.3 Å². The lowest BCUT2D eigenvalue weighted by Crippen LogP contribution is -2.56. The number of amidine groups is 1. The van der Waals surface area contributed by atoms with Crippen LogP contribution in [0.3, 0.4) is 0 Å². The molecule has 4 N–H and O–H groups in total. The second-order valence-electron chi connectivity index (χ2n) is 5.19. The van der Waals surface area contributed by atoms with E-state index < -0.39 is 0 Å². The van der Waals surface area contributed by atoms with Gasteiger partial charge in [-0.25, -0.2) is 0 Å². The first-order chi connectivity index (χ1) is 7.34. The molecule has 2 unspecified atom stereocenters. The van der Waals surface area contributed by atoms with Crippen LogP contribution >= 0.6 is 0 Å². The van der Waals surface area contributed by atoms with E-state index in [1.807, 2.05) is 13.8 Å². The van der Waals surface area contributed by atoms with Crippen LogP contribution in [0.5, 0.6) is 0 Å². The van der Waals surface area contributed by atoms with E-state index in [2.05, 4.69) is 11.8 Å². The second kappa shape index (κ2) is 5.12. The summed E-state index contributed by atoms with van der Waals surface area (Å²) in [6, 6.07) is 0.217. The van der Waals surface area contributed by atoms with Gasteiger partial charge in [0.05, 0.1) is 24.1 Å². The monoisotopic (exact) mass is 229 g/mol. The van der Waals surface area contributed by atoms with Gasteiger partial charge in [0, 0.05) is 25.6 Å². The van der Waals surface area contributed by atoms with Crippen LogP contribution in [0.1, 0.15) is 27.2 Å². The van der Waals surface area contributed by atoms with Crippen molar-refractivity contribution in [1.82, 2.24) is 4.90 Å². The first-order valence-electron chi connectivity index (χ1n) is 5.69. The molecule has 1 aliphatic rings. The zero-order chi connectivity index (χ0) is 12.3. The summed E-state index contributed by atoms with van der Waals surface area (Å²) in [5, 5.41) is 16.5. The average Bonchev–Trinajstić information content (AvgIpc) is 2.14. The van der Waals surface area contributed by atoms with Crippen LogP contribution in [-0.4, -0.2) is 53.3 Å². The average molecular weight is 229 g/mol. The minimum atomic E-state index is -0.253. The Morgan fingerprint density at radius 3 is 2.81 bits per heavy atom. The molecule has 0 spiro atoms. The van der Waals surface area contributed by atoms with Crippen molar-refractivity contribution in [3.8, 4) is 0 Å². The van der Waals surface area contributed by atoms with Gasteiger partial charge in [0.15, 0.2) is 0 Å². The van der Waals surface area contributed by atoms with E-state index in [0.717, 1.165) is 6.54 Å². The molecular weight excluding hydrogens is 206 g/mol. The number of morpholine rings is 1. The van der Waals surface area contributed by atoms with Crippen molar-refractivity contribution < 1.29 is 9.84 Å². The molecule has 1 heterocycles. The van der Waals surface area contributed by atoms with Gasteiger partial charge in [-0.05, 0) is 20.8 Å². The molecule has 5 heteroatoms. The highest BCUT2D eigenvalue weighted by Crippen LogP contribution is 2.23. The predicted octanol–water partition coefficient (Wildman–Crippen LogP) is 0.173. The van der Waals surface area contributed by atoms with Crippen molar-refractivity contribution in [2.75, 3.05) is 19.7 Å². The van der Waals surface area contributed by atoms with E-state index in [9.17, 15) is 5.11 Å². The Morgan fingerprint density at radius 1 is 1.69 bits per heavy atom. The zero-order valence-electron chi connectivity index (χ0n) is 10.4. The van der Waals surface area contributed by atoms with Crippen molar-refractivity contribution in [3.63, 3.8) is 0 Å². The molecule has 0 radical (unpaired) electrons. The maximum Gasteiger partial charge on any atom is 0.0940 e. The Kier molecular flexibility index (Phi) is 4.29. The fourth-order valence-electron chi connectivity index (χ4n) is 2.22. The molecule has 94 valence electrons. The van der Waals surface area contributed by atoms with Gasteiger partial charge in [-0.15, -0.1) is 0 Å². The topological polar surface area (TPSA) is 82.6 Å². The summed E-state index contributed by atoms with van der Waals surface area (Å²) in [6.07, 6.45) is 0.423. The molecule has 0 aromatic carbocycles. The third-order valence-corrected chi connectivity index (χ3v) is 2.85. The van der Waals surface area contributed by atoms with Gasteiger partial charge in [0.25, 0.3) is 0 Å². The molecule has 0 saturated carbocycles. The third-order valence-electron chi connectivity index (χ3n) is 2.85. The van der Waals surface area contributed by atoms with E-state index in [-0.39, 0.29) is 30.2 Å². The summed E-state index contributed by atoms with van der Waals surface area (Å²) in [4.78, 5) is 2.23. The smallest absolute Gasteiger partial charge is 0.0940 e. The second-order valence-corrected chi connectivity index (χ2v) is 5.19. The van der Waals surface area contributed by atoms with E-state index in [4.69, 9.17) is 15.9 Å². The fourth-order valence-corrected chi connectivity index (χ4v) is 2.22. The number of hydrogen-bond acceptors (Lipinski definition) is 4. The molecule has 0 aromatic rings. The van der Waals surface area contributed by atoms with Crippen molar-refractivity contribution in [2.45, 2.75) is 44.9 Å². The van der Waals surface area contributed by atoms with E-state index >= 15 is 0 Å². The van der Waals surface area contributed by atoms with Crippen LogP contribution < -0.4 is 5.73 Å². The first-order valence-corrected chi connectivity index (χ1v) is 5.69. The SMILES string of the molecule is CC(CC(=N)N)N1CC(CO)OC(C)(C)C1. The lowest BCUT2D eigenvalue weighted by molar-refractivity contribution is -0.155. The molecule has 16 heavy (non-hydrogen) atoms. The summed E-state index contributed by atoms with van der Waals surface area (Å²) >= 11 is 0. The van der Waals surface area contributed by atoms with Crippen molar-refractivity contribution >= 4 is 5.84 Å². The van der Waals surface area contributed by atoms with Gasteiger partial charge < -0.3 is 15.6 Å². The lowest BCUT2D eigenvalue weighted by Gasteiger charge is -2.44. The molecule has 1 fully saturated rings. The molecule has 0 aliphatic carbocycles. The molecule has 0 aromatic heterocycles. The molecule has 0 amide bonds. The maximum atomic E-state index is 9.19. The highest BCUT2D eigenvalue weighted by Gasteiger charge is 2.34. The summed E-state index contributed by atoms with van der Waals surface area (Å²) in [5.41, 5.74) is 5.16. The Balaban J connectivity index is 2.62. The Morgan fingerprint density at radius 2 is 2.31 bits per heavy atom. The van der Waals surface area contributed by atoms with E-state index in [0.29, 0.717) is 13.0 Å². The van der Waals surface area contributed by atoms with Crippen LogP contribution in [0.15, 0.2) is 0 Å². The number of ether oxygens (including phenoxy) is 1. The van der Waals surface area contributed by atoms with Gasteiger partial charge >= 0.3 is 0 Å². The number of nitrogens with two attached hydrogens (primary N) is 1. The van der Waals surface area contributed by atoms with Crippen LogP contribution in [0.2, 0.25) is 0 Å². The van der Waals surface area contributed by atoms with Gasteiger partial charge in [0.1, 0.15) is 0 Å². The predicted molar refractivity (Wildman–Crippen MR) is 63.6 cm³/mol. The molecule has 2 atom stereocenters. The van der Waals surface area contributed by atoms with Gasteiger partial charge in [-0.2, -0.15) is 0 Å². The summed E-state index contributed by atoms with van der Waals surface area (Å²) in [7, 11) is 0. The van der Waals surface area contributed by atoms with Crippen LogP contribution in [0.25, 0.3) is 0 Å². The Labute approximate surface area is 97.1 Å². The molecule has 1 saturated heterocycles. The highest BCUT2D eigenvalue weighted by molar-refractivity contribution is 5.77. The van der Waals surface area contributed by atoms with E-state index in [1.54, 1.807) is 0 Å². The number of nitrogens with zero attached hydrogens (tertiary/aromatic N) is 1. The Bertz CT molecular complexity index is 256. The standard InChI is InChI=1S/C11H23N3O2/c1-8(4-10(12)13)14-5-9(6-15)16-11(2,3)7-14/h8-9,15H,4-7H2,1-3H3,(H3,12,13). The van der Waals surface area contributed by atoms with Crippen molar-refractivity contribution in [1.29, 1.82) is 5.41 Å². The quantitative estimate of drug-likeness (QED) is 0.474. The molecule has 0 bridgehead atoms. The van der Waals surface area contributed by atoms with Crippen LogP contribution in [-0.2, 0) is 4.74 Å². The molecule has 1 rings (SSSR count). The van der Waals surface area contributed by atoms with Gasteiger partial charge in [0.2, 0.25) is 0 Å². The molecular formula is C11H23N3O2. The van der Waals surface area contributed by atoms with Gasteiger partial charge in [-0.1, -0.05) is 0 Å². The number of nitrogens with one attached hydrogen (secondary N) is 1. The number of aliphatic hydroxyl groups is 1. The van der Waals surface area contributed by atoms with Crippen LogP contribution in [0.4, 0.5) is 0 Å². The number of aliphatic hydroxyl groups excluding tert-OH is 1. The number of hydrogen-bond donors (Lipinski definition) is 3. The maximum absolute atomic E-state index is 9.19. The Hall–Kier alpha value is -0.650. The molecule has 5 nitrogen and oxygen atoms in total. The van der Waals surface area contributed by atoms with Crippen LogP contribution in [0, 0.1) is 5.41 Å². The minimum Gasteiger partial charge on any atom is -0.394 e. The van der Waals surface area contributed by atoms with E-state index in [1.165, 1.54) is 0 Å². The lowest BCUT2D eigenvalue weighted by atomic mass is 10.0. The first kappa shape index (κ1) is 13.4. The normalized spacial score (nSPS) is 27.6. The largest absolute Gasteiger partial charge is 0.394 e.